The number of nitrogens with zero attached hydrogens (tertiary/aromatic N) is 4. The van der Waals surface area contributed by atoms with Crippen molar-refractivity contribution >= 4 is 11.8 Å². The lowest BCUT2D eigenvalue weighted by Gasteiger charge is -2.17. The third-order valence-corrected chi connectivity index (χ3v) is 4.05. The van der Waals surface area contributed by atoms with Gasteiger partial charge in [0.1, 0.15) is 5.76 Å². The number of carbonyl (C=O) groups excluding carboxylic acids is 1. The monoisotopic (exact) mass is 339 g/mol. The van der Waals surface area contributed by atoms with Gasteiger partial charge in [-0.1, -0.05) is 23.4 Å². The molecule has 130 valence electrons. The summed E-state index contributed by atoms with van der Waals surface area (Å²) in [5.74, 6) is 1.05. The third kappa shape index (κ3) is 3.55. The van der Waals surface area contributed by atoms with Crippen molar-refractivity contribution in [3.05, 3.63) is 59.1 Å². The molecule has 3 rings (SSSR count). The van der Waals surface area contributed by atoms with Gasteiger partial charge < -0.3 is 9.42 Å². The van der Waals surface area contributed by atoms with E-state index in [0.717, 1.165) is 22.6 Å². The molecule has 0 aliphatic rings. The highest BCUT2D eigenvalue weighted by molar-refractivity contribution is 5.88. The Balaban J connectivity index is 1.76. The Morgan fingerprint density at radius 1 is 1.24 bits per heavy atom. The van der Waals surface area contributed by atoms with E-state index in [-0.39, 0.29) is 6.03 Å². The van der Waals surface area contributed by atoms with Crippen LogP contribution in [-0.4, -0.2) is 32.9 Å². The molecule has 7 heteroatoms. The van der Waals surface area contributed by atoms with Gasteiger partial charge in [0.05, 0.1) is 17.9 Å². The van der Waals surface area contributed by atoms with E-state index in [2.05, 4.69) is 15.6 Å². The van der Waals surface area contributed by atoms with Crippen molar-refractivity contribution in [1.29, 1.82) is 0 Å². The van der Waals surface area contributed by atoms with Crippen LogP contribution in [0.3, 0.4) is 0 Å². The van der Waals surface area contributed by atoms with Crippen LogP contribution in [-0.2, 0) is 6.54 Å². The maximum atomic E-state index is 12.3. The summed E-state index contributed by atoms with van der Waals surface area (Å²) in [6, 6.07) is 11.4. The predicted octanol–water partition coefficient (Wildman–Crippen LogP) is 3.45. The van der Waals surface area contributed by atoms with Crippen LogP contribution in [0.15, 0.2) is 40.9 Å². The zero-order valence-electron chi connectivity index (χ0n) is 14.8. The molecule has 1 N–H and O–H groups in total. The SMILES string of the molecule is Cc1cc(NC(=O)N(C)Cc2c(C)nn(-c3ccccc3)c2C)no1. The van der Waals surface area contributed by atoms with Crippen molar-refractivity contribution in [2.45, 2.75) is 27.3 Å². The summed E-state index contributed by atoms with van der Waals surface area (Å²) >= 11 is 0. The molecule has 0 atom stereocenters. The van der Waals surface area contributed by atoms with Gasteiger partial charge in [0.25, 0.3) is 0 Å². The van der Waals surface area contributed by atoms with Crippen LogP contribution in [0.1, 0.15) is 22.7 Å². The van der Waals surface area contributed by atoms with Gasteiger partial charge in [0.2, 0.25) is 0 Å². The highest BCUT2D eigenvalue weighted by Gasteiger charge is 2.18. The minimum atomic E-state index is -0.250. The van der Waals surface area contributed by atoms with E-state index in [0.29, 0.717) is 18.1 Å². The second-order valence-electron chi connectivity index (χ2n) is 6.01. The molecule has 25 heavy (non-hydrogen) atoms. The zero-order valence-corrected chi connectivity index (χ0v) is 14.8. The summed E-state index contributed by atoms with van der Waals surface area (Å²) in [6.45, 7) is 6.19. The van der Waals surface area contributed by atoms with Gasteiger partial charge in [0.15, 0.2) is 5.82 Å². The van der Waals surface area contributed by atoms with E-state index in [1.165, 1.54) is 0 Å². The molecular weight excluding hydrogens is 318 g/mol. The van der Waals surface area contributed by atoms with Crippen LogP contribution in [0.2, 0.25) is 0 Å². The second kappa shape index (κ2) is 6.80. The molecule has 0 fully saturated rings. The molecule has 0 radical (unpaired) electrons. The van der Waals surface area contributed by atoms with E-state index in [1.807, 2.05) is 48.9 Å². The topological polar surface area (TPSA) is 76.2 Å². The number of amides is 2. The maximum Gasteiger partial charge on any atom is 0.323 e. The first-order chi connectivity index (χ1) is 12.0. The van der Waals surface area contributed by atoms with Gasteiger partial charge in [-0.25, -0.2) is 9.48 Å². The molecule has 2 heterocycles. The fourth-order valence-electron chi connectivity index (χ4n) is 2.66. The summed E-state index contributed by atoms with van der Waals surface area (Å²) < 4.78 is 6.86. The Morgan fingerprint density at radius 2 is 1.96 bits per heavy atom. The van der Waals surface area contributed by atoms with Crippen molar-refractivity contribution in [3.63, 3.8) is 0 Å². The highest BCUT2D eigenvalue weighted by atomic mass is 16.5. The Bertz CT molecular complexity index is 882. The molecule has 0 aliphatic heterocycles. The van der Waals surface area contributed by atoms with Crippen molar-refractivity contribution in [3.8, 4) is 5.69 Å². The van der Waals surface area contributed by atoms with Gasteiger partial charge in [-0.2, -0.15) is 5.10 Å². The first kappa shape index (κ1) is 16.8. The number of aryl methyl sites for hydroxylation is 2. The summed E-state index contributed by atoms with van der Waals surface area (Å²) in [5, 5.41) is 11.1. The highest BCUT2D eigenvalue weighted by Crippen LogP contribution is 2.19. The number of anilines is 1. The maximum absolute atomic E-state index is 12.3. The number of urea groups is 1. The summed E-state index contributed by atoms with van der Waals surface area (Å²) in [4.78, 5) is 13.9. The normalized spacial score (nSPS) is 10.7. The van der Waals surface area contributed by atoms with Gasteiger partial charge in [0, 0.05) is 24.4 Å². The largest absolute Gasteiger partial charge is 0.360 e. The Labute approximate surface area is 146 Å². The van der Waals surface area contributed by atoms with Crippen LogP contribution in [0, 0.1) is 20.8 Å². The molecular formula is C18H21N5O2. The molecule has 0 aliphatic carbocycles. The average Bonchev–Trinajstić information content (AvgIpc) is 3.13. The van der Waals surface area contributed by atoms with Gasteiger partial charge in [-0.05, 0) is 32.9 Å². The molecule has 7 nitrogen and oxygen atoms in total. The van der Waals surface area contributed by atoms with Crippen molar-refractivity contribution in [2.24, 2.45) is 0 Å². The van der Waals surface area contributed by atoms with Gasteiger partial charge in [-0.15, -0.1) is 0 Å². The number of carbonyl (C=O) groups is 1. The van der Waals surface area contributed by atoms with Gasteiger partial charge >= 0.3 is 6.03 Å². The lowest BCUT2D eigenvalue weighted by molar-refractivity contribution is 0.220. The van der Waals surface area contributed by atoms with E-state index in [4.69, 9.17) is 4.52 Å². The molecule has 0 saturated carbocycles. The number of rotatable bonds is 4. The first-order valence-corrected chi connectivity index (χ1v) is 8.01. The Hall–Kier alpha value is -3.09. The van der Waals surface area contributed by atoms with Crippen LogP contribution in [0.5, 0.6) is 0 Å². The van der Waals surface area contributed by atoms with E-state index < -0.39 is 0 Å². The summed E-state index contributed by atoms with van der Waals surface area (Å²) in [7, 11) is 1.74. The van der Waals surface area contributed by atoms with Crippen LogP contribution in [0.25, 0.3) is 5.69 Å². The van der Waals surface area contributed by atoms with Gasteiger partial charge in [-0.3, -0.25) is 5.32 Å². The van der Waals surface area contributed by atoms with Crippen molar-refractivity contribution < 1.29 is 9.32 Å². The zero-order chi connectivity index (χ0) is 18.0. The number of hydrogen-bond donors (Lipinski definition) is 1. The van der Waals surface area contributed by atoms with E-state index >= 15 is 0 Å². The van der Waals surface area contributed by atoms with Crippen molar-refractivity contribution in [1.82, 2.24) is 19.8 Å². The standard InChI is InChI=1S/C18H21N5O2/c1-12-10-17(21-25-12)19-18(24)22(4)11-16-13(2)20-23(14(16)3)15-8-6-5-7-9-15/h5-10H,11H2,1-4H3,(H,19,21,24). The van der Waals surface area contributed by atoms with E-state index in [1.54, 1.807) is 24.9 Å². The molecule has 0 saturated heterocycles. The molecule has 0 bridgehead atoms. The predicted molar refractivity (Wildman–Crippen MR) is 94.8 cm³/mol. The lowest BCUT2D eigenvalue weighted by atomic mass is 10.2. The quantitative estimate of drug-likeness (QED) is 0.790. The fourth-order valence-corrected chi connectivity index (χ4v) is 2.66. The molecule has 3 aromatic rings. The van der Waals surface area contributed by atoms with Crippen LogP contribution < -0.4 is 5.32 Å². The smallest absolute Gasteiger partial charge is 0.323 e. The first-order valence-electron chi connectivity index (χ1n) is 8.01. The van der Waals surface area contributed by atoms with Crippen LogP contribution >= 0.6 is 0 Å². The number of para-hydroxylation sites is 1. The number of aromatic nitrogens is 3. The molecule has 2 aromatic heterocycles. The molecule has 0 spiro atoms. The molecule has 0 unspecified atom stereocenters. The minimum absolute atomic E-state index is 0.250. The number of benzene rings is 1. The number of nitrogens with one attached hydrogen (secondary N) is 1. The van der Waals surface area contributed by atoms with Crippen LogP contribution in [0.4, 0.5) is 10.6 Å². The molecule has 2 amide bonds. The minimum Gasteiger partial charge on any atom is -0.360 e. The lowest BCUT2D eigenvalue weighted by Crippen LogP contribution is -2.31. The summed E-state index contributed by atoms with van der Waals surface area (Å²) in [6.07, 6.45) is 0. The molecule has 1 aromatic carbocycles. The fraction of sp³-hybridized carbons (Fsp3) is 0.278. The second-order valence-corrected chi connectivity index (χ2v) is 6.01. The van der Waals surface area contributed by atoms with E-state index in [9.17, 15) is 4.79 Å². The number of hydrogen-bond acceptors (Lipinski definition) is 4. The Kier molecular flexibility index (Phi) is 4.56. The Morgan fingerprint density at radius 3 is 2.60 bits per heavy atom. The third-order valence-electron chi connectivity index (χ3n) is 4.05. The average molecular weight is 339 g/mol. The summed E-state index contributed by atoms with van der Waals surface area (Å²) in [5.41, 5.74) is 3.94. The van der Waals surface area contributed by atoms with Crippen molar-refractivity contribution in [2.75, 3.05) is 12.4 Å².